The van der Waals surface area contributed by atoms with E-state index in [4.69, 9.17) is 0 Å². The molecule has 0 aliphatic heterocycles. The summed E-state index contributed by atoms with van der Waals surface area (Å²) in [5.41, 5.74) is 0.588. The zero-order valence-corrected chi connectivity index (χ0v) is 6.20. The van der Waals surface area contributed by atoms with Gasteiger partial charge in [-0.05, 0) is 12.1 Å². The van der Waals surface area contributed by atoms with Crippen LogP contribution in [0, 0.1) is 0 Å². The molecule has 11 heavy (non-hydrogen) atoms. The summed E-state index contributed by atoms with van der Waals surface area (Å²) < 4.78 is 4.50. The lowest BCUT2D eigenvalue weighted by atomic mass is 10.2. The molecule has 3 heteroatoms. The second-order valence-corrected chi connectivity index (χ2v) is 1.86. The van der Waals surface area contributed by atoms with Crippen molar-refractivity contribution in [2.24, 2.45) is 0 Å². The Kier molecular flexibility index (Phi) is 3.92. The molecule has 0 aliphatic rings. The van der Waals surface area contributed by atoms with Crippen LogP contribution in [-0.4, -0.2) is 18.6 Å². The Bertz CT molecular complexity index is 218. The van der Waals surface area contributed by atoms with Gasteiger partial charge in [0.2, 0.25) is 0 Å². The molecule has 0 saturated carbocycles. The third-order valence-electron chi connectivity index (χ3n) is 1.19. The Hall–Kier alpha value is -1.35. The average Bonchev–Trinajstić information content (AvgIpc) is 2.05. The van der Waals surface area contributed by atoms with Crippen LogP contribution in [0.1, 0.15) is 10.4 Å². The zero-order valence-electron chi connectivity index (χ0n) is 6.20. The van der Waals surface area contributed by atoms with Crippen LogP contribution in [0.25, 0.3) is 0 Å². The maximum atomic E-state index is 10.8. The molecule has 0 spiro atoms. The minimum Gasteiger partial charge on any atom is -0.465 e. The Morgan fingerprint density at radius 1 is 1.27 bits per heavy atom. The van der Waals surface area contributed by atoms with Crippen molar-refractivity contribution in [2.75, 3.05) is 7.11 Å². The van der Waals surface area contributed by atoms with Crippen molar-refractivity contribution in [3.05, 3.63) is 35.9 Å². The number of benzene rings is 1. The lowest BCUT2D eigenvalue weighted by Crippen LogP contribution is -1.99. The molecule has 0 aliphatic carbocycles. The second kappa shape index (κ2) is 4.46. The third-order valence-corrected chi connectivity index (χ3v) is 1.19. The Morgan fingerprint density at radius 3 is 2.27 bits per heavy atom. The molecule has 1 aromatic carbocycles. The Labute approximate surface area is 64.9 Å². The average molecular weight is 154 g/mol. The highest BCUT2D eigenvalue weighted by molar-refractivity contribution is 5.89. The van der Waals surface area contributed by atoms with Crippen molar-refractivity contribution in [2.45, 2.75) is 0 Å². The molecular weight excluding hydrogens is 144 g/mol. The number of esters is 1. The number of hydrogen-bond acceptors (Lipinski definition) is 2. The predicted octanol–water partition coefficient (Wildman–Crippen LogP) is 0.648. The summed E-state index contributed by atoms with van der Waals surface area (Å²) in [6, 6.07) is 8.88. The van der Waals surface area contributed by atoms with Crippen LogP contribution in [-0.2, 0) is 4.74 Å². The van der Waals surface area contributed by atoms with Gasteiger partial charge in [-0.2, -0.15) is 0 Å². The fourth-order valence-corrected chi connectivity index (χ4v) is 0.692. The highest BCUT2D eigenvalue weighted by Crippen LogP contribution is 1.98. The molecule has 0 fully saturated rings. The summed E-state index contributed by atoms with van der Waals surface area (Å²) in [6.45, 7) is 0. The SMILES string of the molecule is COC(=O)c1ccccc1.O. The number of methoxy groups -OCH3 is 1. The van der Waals surface area contributed by atoms with Gasteiger partial charge in [0.05, 0.1) is 12.7 Å². The maximum absolute atomic E-state index is 10.8. The van der Waals surface area contributed by atoms with Crippen LogP contribution in [0.4, 0.5) is 0 Å². The minimum absolute atomic E-state index is 0. The number of rotatable bonds is 1. The molecule has 0 amide bonds. The molecule has 2 N–H and O–H groups in total. The first-order chi connectivity index (χ1) is 4.84. The number of carbonyl (C=O) groups is 1. The summed E-state index contributed by atoms with van der Waals surface area (Å²) >= 11 is 0. The Balaban J connectivity index is 0.000001000. The largest absolute Gasteiger partial charge is 0.465 e. The predicted molar refractivity (Wildman–Crippen MR) is 41.4 cm³/mol. The topological polar surface area (TPSA) is 57.8 Å². The van der Waals surface area contributed by atoms with Gasteiger partial charge in [-0.1, -0.05) is 18.2 Å². The van der Waals surface area contributed by atoms with Gasteiger partial charge in [-0.15, -0.1) is 0 Å². The van der Waals surface area contributed by atoms with Crippen LogP contribution in [0.15, 0.2) is 30.3 Å². The first-order valence-corrected chi connectivity index (χ1v) is 2.98. The van der Waals surface area contributed by atoms with Crippen molar-refractivity contribution in [3.8, 4) is 0 Å². The van der Waals surface area contributed by atoms with E-state index < -0.39 is 0 Å². The van der Waals surface area contributed by atoms with Crippen molar-refractivity contribution in [1.29, 1.82) is 0 Å². The number of ether oxygens (including phenoxy) is 1. The van der Waals surface area contributed by atoms with Crippen molar-refractivity contribution in [3.63, 3.8) is 0 Å². The van der Waals surface area contributed by atoms with E-state index in [1.54, 1.807) is 24.3 Å². The zero-order chi connectivity index (χ0) is 7.40. The molecule has 0 atom stereocenters. The molecular formula is C8H10O3. The van der Waals surface area contributed by atoms with Crippen LogP contribution >= 0.6 is 0 Å². The maximum Gasteiger partial charge on any atom is 0.337 e. The van der Waals surface area contributed by atoms with E-state index in [0.717, 1.165) is 0 Å². The molecule has 0 saturated heterocycles. The van der Waals surface area contributed by atoms with Gasteiger partial charge < -0.3 is 10.2 Å². The van der Waals surface area contributed by atoms with Crippen LogP contribution < -0.4 is 0 Å². The van der Waals surface area contributed by atoms with E-state index in [-0.39, 0.29) is 11.4 Å². The fraction of sp³-hybridized carbons (Fsp3) is 0.125. The van der Waals surface area contributed by atoms with E-state index >= 15 is 0 Å². The van der Waals surface area contributed by atoms with Gasteiger partial charge in [-0.25, -0.2) is 4.79 Å². The molecule has 0 bridgehead atoms. The van der Waals surface area contributed by atoms with Gasteiger partial charge >= 0.3 is 5.97 Å². The van der Waals surface area contributed by atoms with Crippen LogP contribution in [0.5, 0.6) is 0 Å². The monoisotopic (exact) mass is 154 g/mol. The minimum atomic E-state index is -0.291. The summed E-state index contributed by atoms with van der Waals surface area (Å²) in [5, 5.41) is 0. The fourth-order valence-electron chi connectivity index (χ4n) is 0.692. The van der Waals surface area contributed by atoms with Crippen LogP contribution in [0.3, 0.4) is 0 Å². The van der Waals surface area contributed by atoms with Crippen molar-refractivity contribution >= 4 is 5.97 Å². The highest BCUT2D eigenvalue weighted by atomic mass is 16.5. The number of carbonyl (C=O) groups excluding carboxylic acids is 1. The summed E-state index contributed by atoms with van der Waals surface area (Å²) in [7, 11) is 1.37. The standard InChI is InChI=1S/C8H8O2.H2O/c1-10-8(9)7-5-3-2-4-6-7;/h2-6H,1H3;1H2. The molecule has 1 rings (SSSR count). The number of hydrogen-bond donors (Lipinski definition) is 0. The first kappa shape index (κ1) is 9.65. The van der Waals surface area contributed by atoms with Gasteiger partial charge in [0.1, 0.15) is 0 Å². The van der Waals surface area contributed by atoms with Crippen LogP contribution in [0.2, 0.25) is 0 Å². The summed E-state index contributed by atoms with van der Waals surface area (Å²) in [4.78, 5) is 10.8. The van der Waals surface area contributed by atoms with Gasteiger partial charge in [0, 0.05) is 0 Å². The van der Waals surface area contributed by atoms with E-state index in [0.29, 0.717) is 5.56 Å². The molecule has 60 valence electrons. The third kappa shape index (κ3) is 2.39. The molecule has 1 aromatic rings. The molecule has 3 nitrogen and oxygen atoms in total. The quantitative estimate of drug-likeness (QED) is 0.557. The van der Waals surface area contributed by atoms with Gasteiger partial charge in [-0.3, -0.25) is 0 Å². The smallest absolute Gasteiger partial charge is 0.337 e. The van der Waals surface area contributed by atoms with Gasteiger partial charge in [0.15, 0.2) is 0 Å². The van der Waals surface area contributed by atoms with Gasteiger partial charge in [0.25, 0.3) is 0 Å². The second-order valence-electron chi connectivity index (χ2n) is 1.86. The van der Waals surface area contributed by atoms with E-state index in [2.05, 4.69) is 4.74 Å². The lowest BCUT2D eigenvalue weighted by molar-refractivity contribution is 0.0601. The van der Waals surface area contributed by atoms with Crippen molar-refractivity contribution in [1.82, 2.24) is 0 Å². The highest BCUT2D eigenvalue weighted by Gasteiger charge is 2.00. The van der Waals surface area contributed by atoms with Crippen molar-refractivity contribution < 1.29 is 15.0 Å². The van der Waals surface area contributed by atoms with E-state index in [1.165, 1.54) is 7.11 Å². The molecule has 0 heterocycles. The Morgan fingerprint density at radius 2 is 1.82 bits per heavy atom. The first-order valence-electron chi connectivity index (χ1n) is 2.98. The normalized spacial score (nSPS) is 8.09. The van der Waals surface area contributed by atoms with E-state index in [1.807, 2.05) is 6.07 Å². The summed E-state index contributed by atoms with van der Waals surface area (Å²) in [6.07, 6.45) is 0. The lowest BCUT2D eigenvalue weighted by Gasteiger charge is -1.95. The molecule has 0 aromatic heterocycles. The molecule has 0 unspecified atom stereocenters. The van der Waals surface area contributed by atoms with E-state index in [9.17, 15) is 4.79 Å². The summed E-state index contributed by atoms with van der Waals surface area (Å²) in [5.74, 6) is -0.291. The molecule has 0 radical (unpaired) electrons.